The molecule has 20 heavy (non-hydrogen) atoms. The maximum absolute atomic E-state index is 3.66. The fourth-order valence-corrected chi connectivity index (χ4v) is 2.96. The number of nitrogens with one attached hydrogen (secondary N) is 1. The molecule has 0 amide bonds. The summed E-state index contributed by atoms with van der Waals surface area (Å²) in [4.78, 5) is 0. The first kappa shape index (κ1) is 14.8. The Kier molecular flexibility index (Phi) is 4.97. The second kappa shape index (κ2) is 6.71. The third-order valence-electron chi connectivity index (χ3n) is 4.03. The highest BCUT2D eigenvalue weighted by Crippen LogP contribution is 2.26. The molecule has 0 fully saturated rings. The van der Waals surface area contributed by atoms with E-state index in [1.807, 2.05) is 0 Å². The second-order valence-electron chi connectivity index (χ2n) is 5.55. The number of hydrogen-bond acceptors (Lipinski definition) is 1. The lowest BCUT2D eigenvalue weighted by Gasteiger charge is -2.23. The highest BCUT2D eigenvalue weighted by molar-refractivity contribution is 5.38. The standard InChI is InChI=1S/C19H25N/c1-5-20-18(13-17-12-7-6-9-14(17)2)19-15(3)10-8-11-16(19)4/h6-12,18,20H,5,13H2,1-4H3. The van der Waals surface area contributed by atoms with Crippen LogP contribution in [-0.2, 0) is 6.42 Å². The summed E-state index contributed by atoms with van der Waals surface area (Å²) in [5, 5.41) is 3.66. The average molecular weight is 267 g/mol. The molecule has 0 saturated heterocycles. The molecule has 0 aliphatic carbocycles. The SMILES string of the molecule is CCNC(Cc1ccccc1C)c1c(C)cccc1C. The highest BCUT2D eigenvalue weighted by atomic mass is 14.9. The fraction of sp³-hybridized carbons (Fsp3) is 0.368. The quantitative estimate of drug-likeness (QED) is 0.840. The van der Waals surface area contributed by atoms with E-state index in [0.717, 1.165) is 13.0 Å². The van der Waals surface area contributed by atoms with Crippen LogP contribution in [0.2, 0.25) is 0 Å². The van der Waals surface area contributed by atoms with Crippen molar-refractivity contribution in [3.63, 3.8) is 0 Å². The van der Waals surface area contributed by atoms with E-state index in [9.17, 15) is 0 Å². The maximum Gasteiger partial charge on any atom is 0.0366 e. The van der Waals surface area contributed by atoms with Gasteiger partial charge in [0.2, 0.25) is 0 Å². The van der Waals surface area contributed by atoms with E-state index in [-0.39, 0.29) is 0 Å². The molecule has 1 atom stereocenters. The predicted octanol–water partition coefficient (Wildman–Crippen LogP) is 4.51. The van der Waals surface area contributed by atoms with Gasteiger partial charge in [-0.15, -0.1) is 0 Å². The van der Waals surface area contributed by atoms with Crippen molar-refractivity contribution in [2.45, 2.75) is 40.2 Å². The Bertz CT molecular complexity index is 551. The van der Waals surface area contributed by atoms with Gasteiger partial charge in [-0.05, 0) is 61.6 Å². The summed E-state index contributed by atoms with van der Waals surface area (Å²) >= 11 is 0. The molecule has 0 aliphatic rings. The molecule has 0 aliphatic heterocycles. The molecule has 0 aromatic heterocycles. The van der Waals surface area contributed by atoms with E-state index >= 15 is 0 Å². The largest absolute Gasteiger partial charge is 0.310 e. The van der Waals surface area contributed by atoms with Crippen LogP contribution < -0.4 is 5.32 Å². The first-order chi connectivity index (χ1) is 9.63. The molecule has 1 nitrogen and oxygen atoms in total. The van der Waals surface area contributed by atoms with Crippen LogP contribution in [0.15, 0.2) is 42.5 Å². The van der Waals surface area contributed by atoms with Crippen molar-refractivity contribution in [1.29, 1.82) is 0 Å². The van der Waals surface area contributed by atoms with Gasteiger partial charge in [-0.3, -0.25) is 0 Å². The van der Waals surface area contributed by atoms with Gasteiger partial charge in [-0.25, -0.2) is 0 Å². The van der Waals surface area contributed by atoms with Gasteiger partial charge in [-0.1, -0.05) is 49.4 Å². The van der Waals surface area contributed by atoms with Gasteiger partial charge in [0.1, 0.15) is 0 Å². The molecular formula is C19H25N. The van der Waals surface area contributed by atoms with Gasteiger partial charge < -0.3 is 5.32 Å². The number of rotatable bonds is 5. The van der Waals surface area contributed by atoms with E-state index < -0.39 is 0 Å². The van der Waals surface area contributed by atoms with Gasteiger partial charge in [0.15, 0.2) is 0 Å². The molecular weight excluding hydrogens is 242 g/mol. The van der Waals surface area contributed by atoms with Crippen LogP contribution in [0.4, 0.5) is 0 Å². The molecule has 0 radical (unpaired) electrons. The van der Waals surface area contributed by atoms with E-state index in [1.54, 1.807) is 0 Å². The third kappa shape index (κ3) is 3.29. The van der Waals surface area contributed by atoms with Crippen molar-refractivity contribution >= 4 is 0 Å². The van der Waals surface area contributed by atoms with Crippen LogP contribution >= 0.6 is 0 Å². The monoisotopic (exact) mass is 267 g/mol. The van der Waals surface area contributed by atoms with Crippen molar-refractivity contribution in [3.05, 3.63) is 70.3 Å². The first-order valence-electron chi connectivity index (χ1n) is 7.47. The normalized spacial score (nSPS) is 12.4. The van der Waals surface area contributed by atoms with Crippen LogP contribution in [0.3, 0.4) is 0 Å². The molecule has 1 unspecified atom stereocenters. The smallest absolute Gasteiger partial charge is 0.0366 e. The number of aryl methyl sites for hydroxylation is 3. The fourth-order valence-electron chi connectivity index (χ4n) is 2.96. The van der Waals surface area contributed by atoms with Crippen LogP contribution in [-0.4, -0.2) is 6.54 Å². The van der Waals surface area contributed by atoms with Crippen LogP contribution in [0.5, 0.6) is 0 Å². The molecule has 106 valence electrons. The minimum Gasteiger partial charge on any atom is -0.310 e. The zero-order valence-electron chi connectivity index (χ0n) is 13.0. The molecule has 2 rings (SSSR count). The Morgan fingerprint density at radius 2 is 1.45 bits per heavy atom. The highest BCUT2D eigenvalue weighted by Gasteiger charge is 2.16. The lowest BCUT2D eigenvalue weighted by atomic mass is 9.90. The summed E-state index contributed by atoms with van der Waals surface area (Å²) in [6, 6.07) is 15.6. The van der Waals surface area contributed by atoms with Crippen molar-refractivity contribution in [2.75, 3.05) is 6.54 Å². The van der Waals surface area contributed by atoms with Crippen molar-refractivity contribution in [1.82, 2.24) is 5.32 Å². The van der Waals surface area contributed by atoms with E-state index in [1.165, 1.54) is 27.8 Å². The summed E-state index contributed by atoms with van der Waals surface area (Å²) < 4.78 is 0. The van der Waals surface area contributed by atoms with Gasteiger partial charge >= 0.3 is 0 Å². The molecule has 0 bridgehead atoms. The topological polar surface area (TPSA) is 12.0 Å². The molecule has 0 saturated carbocycles. The second-order valence-corrected chi connectivity index (χ2v) is 5.55. The lowest BCUT2D eigenvalue weighted by molar-refractivity contribution is 0.544. The Morgan fingerprint density at radius 3 is 2.05 bits per heavy atom. The minimum atomic E-state index is 0.391. The molecule has 1 heteroatoms. The van der Waals surface area contributed by atoms with Crippen LogP contribution in [0.1, 0.15) is 40.8 Å². The molecule has 2 aromatic rings. The van der Waals surface area contributed by atoms with Crippen LogP contribution in [0.25, 0.3) is 0 Å². The Morgan fingerprint density at radius 1 is 0.850 bits per heavy atom. The van der Waals surface area contributed by atoms with Crippen molar-refractivity contribution in [2.24, 2.45) is 0 Å². The summed E-state index contributed by atoms with van der Waals surface area (Å²) in [5.41, 5.74) is 7.02. The van der Waals surface area contributed by atoms with E-state index in [2.05, 4.69) is 75.5 Å². The predicted molar refractivity (Wildman–Crippen MR) is 87.2 cm³/mol. The number of benzene rings is 2. The summed E-state index contributed by atoms with van der Waals surface area (Å²) in [6.45, 7) is 9.79. The van der Waals surface area contributed by atoms with E-state index in [0.29, 0.717) is 6.04 Å². The maximum atomic E-state index is 3.66. The van der Waals surface area contributed by atoms with Crippen LogP contribution in [0, 0.1) is 20.8 Å². The van der Waals surface area contributed by atoms with Gasteiger partial charge in [-0.2, -0.15) is 0 Å². The average Bonchev–Trinajstić information content (AvgIpc) is 2.41. The number of likely N-dealkylation sites (N-methyl/N-ethyl adjacent to an activating group) is 1. The zero-order valence-corrected chi connectivity index (χ0v) is 13.0. The van der Waals surface area contributed by atoms with Gasteiger partial charge in [0.05, 0.1) is 0 Å². The summed E-state index contributed by atoms with van der Waals surface area (Å²) in [5.74, 6) is 0. The summed E-state index contributed by atoms with van der Waals surface area (Å²) in [7, 11) is 0. The van der Waals surface area contributed by atoms with Gasteiger partial charge in [0, 0.05) is 6.04 Å². The zero-order chi connectivity index (χ0) is 14.5. The lowest BCUT2D eigenvalue weighted by Crippen LogP contribution is -2.24. The Balaban J connectivity index is 2.35. The number of hydrogen-bond donors (Lipinski definition) is 1. The Labute approximate surface area is 123 Å². The van der Waals surface area contributed by atoms with Gasteiger partial charge in [0.25, 0.3) is 0 Å². The first-order valence-corrected chi connectivity index (χ1v) is 7.47. The molecule has 1 N–H and O–H groups in total. The van der Waals surface area contributed by atoms with Crippen molar-refractivity contribution in [3.8, 4) is 0 Å². The Hall–Kier alpha value is -1.60. The third-order valence-corrected chi connectivity index (χ3v) is 4.03. The summed E-state index contributed by atoms with van der Waals surface area (Å²) in [6.07, 6.45) is 1.05. The molecule has 2 aromatic carbocycles. The van der Waals surface area contributed by atoms with E-state index in [4.69, 9.17) is 0 Å². The van der Waals surface area contributed by atoms with Crippen molar-refractivity contribution < 1.29 is 0 Å². The molecule has 0 spiro atoms. The minimum absolute atomic E-state index is 0.391. The molecule has 0 heterocycles.